The van der Waals surface area contributed by atoms with E-state index in [4.69, 9.17) is 0 Å². The van der Waals surface area contributed by atoms with E-state index in [1.807, 2.05) is 0 Å². The first-order valence-electron chi connectivity index (χ1n) is 18.4. The lowest BCUT2D eigenvalue weighted by Gasteiger charge is -2.34. The Balaban J connectivity index is 1.52. The Hall–Kier alpha value is -5.28. The number of hydrogen-bond acceptors (Lipinski definition) is 9. The Bertz CT molecular complexity index is 1680. The van der Waals surface area contributed by atoms with Gasteiger partial charge in [-0.1, -0.05) is 71.4 Å². The zero-order chi connectivity index (χ0) is 39.7. The second-order valence-corrected chi connectivity index (χ2v) is 14.6. The Labute approximate surface area is 313 Å². The third-order valence-corrected chi connectivity index (χ3v) is 10.1. The van der Waals surface area contributed by atoms with Gasteiger partial charge >= 0.3 is 5.97 Å². The number of likely N-dealkylation sites (tertiary alicyclic amines) is 1. The van der Waals surface area contributed by atoms with E-state index in [0.29, 0.717) is 18.4 Å². The number of Topliss-reactive ketones (excluding diaryl/α,β-unsaturated/α-hetero) is 1. The number of carbonyl (C=O) groups excluding carboxylic acids is 6. The Kier molecular flexibility index (Phi) is 14.3. The fourth-order valence-electron chi connectivity index (χ4n) is 7.18. The van der Waals surface area contributed by atoms with Crippen LogP contribution in [0, 0.1) is 23.7 Å². The molecule has 4 rings (SSSR count). The van der Waals surface area contributed by atoms with Gasteiger partial charge in [0.2, 0.25) is 23.5 Å². The van der Waals surface area contributed by atoms with Gasteiger partial charge in [0.25, 0.3) is 11.8 Å². The first kappa shape index (κ1) is 41.5. The first-order chi connectivity index (χ1) is 25.6. The van der Waals surface area contributed by atoms with Crippen LogP contribution in [0.3, 0.4) is 0 Å². The lowest BCUT2D eigenvalue weighted by Crippen LogP contribution is -2.60. The highest BCUT2D eigenvalue weighted by molar-refractivity contribution is 6.38. The molecular weight excluding hydrogens is 701 g/mol. The van der Waals surface area contributed by atoms with Crippen molar-refractivity contribution in [3.63, 3.8) is 0 Å². The van der Waals surface area contributed by atoms with Gasteiger partial charge in [0.15, 0.2) is 0 Å². The topological polar surface area (TPSA) is 217 Å². The van der Waals surface area contributed by atoms with E-state index in [2.05, 4.69) is 31.2 Å². The molecule has 54 heavy (non-hydrogen) atoms. The zero-order valence-electron chi connectivity index (χ0n) is 31.2. The van der Waals surface area contributed by atoms with Crippen LogP contribution in [-0.4, -0.2) is 104 Å². The van der Waals surface area contributed by atoms with Gasteiger partial charge in [-0.15, -0.1) is 0 Å². The number of ketones is 1. The molecule has 1 aromatic carbocycles. The maximum atomic E-state index is 15.2. The predicted molar refractivity (Wildman–Crippen MR) is 193 cm³/mol. The summed E-state index contributed by atoms with van der Waals surface area (Å²) in [6, 6.07) is 2.35. The molecule has 2 fully saturated rings. The molecule has 16 heteroatoms. The van der Waals surface area contributed by atoms with E-state index in [9.17, 15) is 38.7 Å². The molecule has 0 radical (unpaired) electrons. The molecule has 5 amide bonds. The molecule has 2 unspecified atom stereocenters. The third kappa shape index (κ3) is 10.0. The average molecular weight is 752 g/mol. The highest BCUT2D eigenvalue weighted by Gasteiger charge is 2.55. The molecule has 2 aliphatic rings. The van der Waals surface area contributed by atoms with Crippen molar-refractivity contribution in [1.82, 2.24) is 36.1 Å². The number of carbonyl (C=O) groups is 7. The number of nitrogens with zero attached hydrogens (tertiary/aromatic N) is 3. The fraction of sp³-hybridized carbons (Fsp3) is 0.553. The number of alkyl halides is 1. The number of fused-ring (bicyclic) bond motifs is 1. The van der Waals surface area contributed by atoms with Crippen molar-refractivity contribution < 1.29 is 43.1 Å². The molecule has 0 bridgehead atoms. The molecule has 1 aromatic heterocycles. The quantitative estimate of drug-likeness (QED) is 0.147. The predicted octanol–water partition coefficient (Wildman–Crippen LogP) is 1.61. The molecule has 1 aliphatic heterocycles. The van der Waals surface area contributed by atoms with Crippen LogP contribution in [0.15, 0.2) is 48.9 Å². The van der Waals surface area contributed by atoms with Crippen molar-refractivity contribution in [1.29, 1.82) is 0 Å². The molecule has 0 spiro atoms. The molecule has 5 N–H and O–H groups in total. The average Bonchev–Trinajstić information content (AvgIpc) is 3.71. The summed E-state index contributed by atoms with van der Waals surface area (Å²) in [6.07, 6.45) is 3.52. The molecule has 1 saturated heterocycles. The van der Waals surface area contributed by atoms with Gasteiger partial charge in [-0.2, -0.15) is 0 Å². The minimum absolute atomic E-state index is 0.00287. The number of hydrogen-bond donors (Lipinski definition) is 5. The van der Waals surface area contributed by atoms with Gasteiger partial charge in [-0.3, -0.25) is 33.8 Å². The van der Waals surface area contributed by atoms with Crippen molar-refractivity contribution in [2.75, 3.05) is 6.54 Å². The van der Waals surface area contributed by atoms with Crippen LogP contribution in [-0.2, 0) is 35.2 Å². The molecule has 2 heterocycles. The number of aliphatic carboxylic acids is 1. The number of benzene rings is 1. The number of amides is 5. The van der Waals surface area contributed by atoms with E-state index in [0.717, 1.165) is 0 Å². The van der Waals surface area contributed by atoms with Crippen molar-refractivity contribution in [3.8, 4) is 0 Å². The summed E-state index contributed by atoms with van der Waals surface area (Å²) >= 11 is 0. The summed E-state index contributed by atoms with van der Waals surface area (Å²) in [5.74, 6) is -8.41. The minimum Gasteiger partial charge on any atom is -0.480 e. The summed E-state index contributed by atoms with van der Waals surface area (Å²) in [4.78, 5) is 103. The van der Waals surface area contributed by atoms with Gasteiger partial charge in [-0.25, -0.2) is 14.2 Å². The smallest absolute Gasteiger partial charge is 0.326 e. The van der Waals surface area contributed by atoms with Crippen LogP contribution < -0.4 is 21.3 Å². The Morgan fingerprint density at radius 1 is 0.870 bits per heavy atom. The number of carboxylic acids is 1. The van der Waals surface area contributed by atoms with E-state index in [-0.39, 0.29) is 31.5 Å². The van der Waals surface area contributed by atoms with Crippen LogP contribution in [0.1, 0.15) is 76.4 Å². The lowest BCUT2D eigenvalue weighted by molar-refractivity contribution is -0.146. The number of nitrogens with one attached hydrogen (secondary N) is 4. The van der Waals surface area contributed by atoms with E-state index in [1.165, 1.54) is 23.5 Å². The van der Waals surface area contributed by atoms with Gasteiger partial charge in [0, 0.05) is 31.3 Å². The molecular formula is C38H50FN7O8. The Morgan fingerprint density at radius 3 is 2.15 bits per heavy atom. The standard InChI is InChI=1S/C38H50FN7O8/c1-6-10-26(32(47)36(51)43-27(38(53)54)17-22-11-8-7-9-12-22)42-35(50)31-23-13-14-25(39)24(23)19-46(31)37(52)30(21(4)5)45-34(49)29(20(2)3)44-33(48)28-18-40-15-16-41-28/h7-9,11-12,15-16,18,20-21,23-27,29-31H,6,10,13-14,17,19H2,1-5H3,(H,42,50)(H,43,51)(H,44,48)(H,45,49)(H,53,54)/t23-,24-,25-,26?,27-,29+,30-,31?/m0/s1. The number of aromatic nitrogens is 2. The van der Waals surface area contributed by atoms with Crippen LogP contribution in [0.25, 0.3) is 0 Å². The maximum absolute atomic E-state index is 15.2. The van der Waals surface area contributed by atoms with E-state index < -0.39 is 101 Å². The van der Waals surface area contributed by atoms with Gasteiger partial charge < -0.3 is 31.3 Å². The van der Waals surface area contributed by atoms with Gasteiger partial charge in [0.05, 0.1) is 12.2 Å². The van der Waals surface area contributed by atoms with Crippen LogP contribution in [0.4, 0.5) is 4.39 Å². The molecule has 8 atom stereocenters. The number of halogens is 1. The second-order valence-electron chi connectivity index (χ2n) is 14.6. The summed E-state index contributed by atoms with van der Waals surface area (Å²) in [7, 11) is 0. The van der Waals surface area contributed by atoms with Crippen molar-refractivity contribution >= 4 is 41.3 Å². The van der Waals surface area contributed by atoms with Crippen molar-refractivity contribution in [3.05, 3.63) is 60.2 Å². The van der Waals surface area contributed by atoms with E-state index in [1.54, 1.807) is 65.0 Å². The monoisotopic (exact) mass is 751 g/mol. The fourth-order valence-corrected chi connectivity index (χ4v) is 7.18. The van der Waals surface area contributed by atoms with Gasteiger partial charge in [-0.05, 0) is 42.6 Å². The van der Waals surface area contributed by atoms with Crippen LogP contribution in [0.2, 0.25) is 0 Å². The second kappa shape index (κ2) is 18.7. The summed E-state index contributed by atoms with van der Waals surface area (Å²) in [5.41, 5.74) is 0.624. The van der Waals surface area contributed by atoms with Crippen molar-refractivity contribution in [2.24, 2.45) is 23.7 Å². The number of rotatable bonds is 17. The molecule has 15 nitrogen and oxygen atoms in total. The maximum Gasteiger partial charge on any atom is 0.326 e. The zero-order valence-corrected chi connectivity index (χ0v) is 31.2. The van der Waals surface area contributed by atoms with Crippen molar-refractivity contribution in [2.45, 2.75) is 103 Å². The SMILES string of the molecule is CCCC(NC(=O)C1[C@H]2CC[C@H](F)[C@H]2CN1C(=O)[C@@H](NC(=O)[C@H](NC(=O)c1cnccn1)C(C)C)C(C)C)C(=O)C(=O)N[C@@H](Cc1ccccc1)C(=O)O. The number of carboxylic acid groups (broad SMARTS) is 1. The van der Waals surface area contributed by atoms with Crippen LogP contribution >= 0.6 is 0 Å². The minimum atomic E-state index is -1.41. The molecule has 292 valence electrons. The normalized spacial score (nSPS) is 21.4. The first-order valence-corrected chi connectivity index (χ1v) is 18.4. The van der Waals surface area contributed by atoms with E-state index >= 15 is 4.39 Å². The largest absolute Gasteiger partial charge is 0.480 e. The third-order valence-electron chi connectivity index (χ3n) is 10.1. The highest BCUT2D eigenvalue weighted by Crippen LogP contribution is 2.44. The summed E-state index contributed by atoms with van der Waals surface area (Å²) < 4.78 is 15.2. The Morgan fingerprint density at radius 2 is 1.56 bits per heavy atom. The van der Waals surface area contributed by atoms with Crippen LogP contribution in [0.5, 0.6) is 0 Å². The molecule has 1 saturated carbocycles. The highest BCUT2D eigenvalue weighted by atomic mass is 19.1. The summed E-state index contributed by atoms with van der Waals surface area (Å²) in [6.45, 7) is 8.47. The van der Waals surface area contributed by atoms with Gasteiger partial charge in [0.1, 0.15) is 36.0 Å². The molecule has 1 aliphatic carbocycles. The lowest BCUT2D eigenvalue weighted by atomic mass is 9.92. The molecule has 2 aromatic rings. The summed E-state index contributed by atoms with van der Waals surface area (Å²) in [5, 5.41) is 20.0.